The second-order valence-corrected chi connectivity index (χ2v) is 5.70. The third-order valence-electron chi connectivity index (χ3n) is 4.01. The molecule has 1 amide bonds. The summed E-state index contributed by atoms with van der Waals surface area (Å²) in [6.45, 7) is 1.60. The molecular weight excluding hydrogens is 363 g/mol. The molecule has 27 heavy (non-hydrogen) atoms. The van der Waals surface area contributed by atoms with Gasteiger partial charge in [0.15, 0.2) is 11.5 Å². The number of carbonyl (C=O) groups is 1. The molecule has 0 saturated heterocycles. The number of nitrogens with one attached hydrogen (secondary N) is 1. The largest absolute Gasteiger partial charge is 0.493 e. The molecule has 0 aliphatic heterocycles. The predicted octanol–water partition coefficient (Wildman–Crippen LogP) is 4.22. The first-order valence-corrected chi connectivity index (χ1v) is 7.99. The third kappa shape index (κ3) is 4.45. The molecule has 0 bridgehead atoms. The third-order valence-corrected chi connectivity index (χ3v) is 4.01. The van der Waals surface area contributed by atoms with Crippen molar-refractivity contribution in [3.63, 3.8) is 0 Å². The SMILES string of the molecule is COc1ccc(C(=O)NC(C)c2cccc(C(F)(F)F)c2)c(OC)c1OC. The van der Waals surface area contributed by atoms with Crippen molar-refractivity contribution >= 4 is 5.91 Å². The Morgan fingerprint density at radius 3 is 2.22 bits per heavy atom. The molecule has 0 spiro atoms. The number of methoxy groups -OCH3 is 3. The lowest BCUT2D eigenvalue weighted by Crippen LogP contribution is -2.27. The van der Waals surface area contributed by atoms with Gasteiger partial charge in [-0.05, 0) is 36.8 Å². The van der Waals surface area contributed by atoms with Gasteiger partial charge >= 0.3 is 6.18 Å². The molecule has 0 radical (unpaired) electrons. The molecular formula is C19H20F3NO4. The van der Waals surface area contributed by atoms with Crippen molar-refractivity contribution in [3.05, 3.63) is 53.1 Å². The van der Waals surface area contributed by atoms with Gasteiger partial charge in [0.1, 0.15) is 0 Å². The van der Waals surface area contributed by atoms with E-state index in [0.29, 0.717) is 11.3 Å². The van der Waals surface area contributed by atoms with Crippen molar-refractivity contribution in [1.82, 2.24) is 5.32 Å². The van der Waals surface area contributed by atoms with E-state index in [9.17, 15) is 18.0 Å². The molecule has 8 heteroatoms. The Balaban J connectivity index is 2.30. The minimum atomic E-state index is -4.45. The summed E-state index contributed by atoms with van der Waals surface area (Å²) in [5, 5.41) is 2.67. The number of alkyl halides is 3. The molecule has 2 rings (SSSR count). The maximum Gasteiger partial charge on any atom is 0.416 e. The van der Waals surface area contributed by atoms with E-state index >= 15 is 0 Å². The molecule has 0 aliphatic carbocycles. The van der Waals surface area contributed by atoms with Crippen molar-refractivity contribution in [1.29, 1.82) is 0 Å². The lowest BCUT2D eigenvalue weighted by Gasteiger charge is -2.19. The van der Waals surface area contributed by atoms with Crippen molar-refractivity contribution in [3.8, 4) is 17.2 Å². The van der Waals surface area contributed by atoms with Crippen molar-refractivity contribution in [2.75, 3.05) is 21.3 Å². The van der Waals surface area contributed by atoms with Gasteiger partial charge in [-0.1, -0.05) is 12.1 Å². The highest BCUT2D eigenvalue weighted by Crippen LogP contribution is 2.40. The van der Waals surface area contributed by atoms with Crippen molar-refractivity contribution in [2.45, 2.75) is 19.1 Å². The normalized spacial score (nSPS) is 12.3. The number of halogens is 3. The van der Waals surface area contributed by atoms with Crippen LogP contribution in [0.15, 0.2) is 36.4 Å². The maximum absolute atomic E-state index is 12.9. The standard InChI is InChI=1S/C19H20F3NO4/c1-11(12-6-5-7-13(10-12)19(20,21)22)23-18(24)14-8-9-15(25-2)17(27-4)16(14)26-3/h5-11H,1-4H3,(H,23,24). The van der Waals surface area contributed by atoms with Crippen LogP contribution in [-0.4, -0.2) is 27.2 Å². The quantitative estimate of drug-likeness (QED) is 0.811. The Labute approximate surface area is 155 Å². The highest BCUT2D eigenvalue weighted by molar-refractivity contribution is 5.98. The number of hydrogen-bond donors (Lipinski definition) is 1. The molecule has 1 N–H and O–H groups in total. The number of carbonyl (C=O) groups excluding carboxylic acids is 1. The zero-order valence-corrected chi connectivity index (χ0v) is 15.3. The van der Waals surface area contributed by atoms with Crippen LogP contribution in [0.5, 0.6) is 17.2 Å². The fraction of sp³-hybridized carbons (Fsp3) is 0.316. The van der Waals surface area contributed by atoms with Crippen LogP contribution in [0, 0.1) is 0 Å². The van der Waals surface area contributed by atoms with Gasteiger partial charge in [0.25, 0.3) is 5.91 Å². The van der Waals surface area contributed by atoms with Gasteiger partial charge < -0.3 is 19.5 Å². The summed E-state index contributed by atoms with van der Waals surface area (Å²) in [6.07, 6.45) is -4.45. The first-order chi connectivity index (χ1) is 12.7. The summed E-state index contributed by atoms with van der Waals surface area (Å²) in [4.78, 5) is 12.6. The summed E-state index contributed by atoms with van der Waals surface area (Å²) < 4.78 is 54.3. The number of ether oxygens (including phenoxy) is 3. The minimum Gasteiger partial charge on any atom is -0.493 e. The van der Waals surface area contributed by atoms with Crippen LogP contribution in [-0.2, 0) is 6.18 Å². The topological polar surface area (TPSA) is 56.8 Å². The zero-order valence-electron chi connectivity index (χ0n) is 15.3. The number of rotatable bonds is 6. The molecule has 0 heterocycles. The Morgan fingerprint density at radius 1 is 1.00 bits per heavy atom. The van der Waals surface area contributed by atoms with E-state index in [2.05, 4.69) is 5.32 Å². The Morgan fingerprint density at radius 2 is 1.67 bits per heavy atom. The van der Waals surface area contributed by atoms with Gasteiger partial charge in [0, 0.05) is 0 Å². The summed E-state index contributed by atoms with van der Waals surface area (Å²) in [6, 6.07) is 7.20. The summed E-state index contributed by atoms with van der Waals surface area (Å²) in [7, 11) is 4.24. The molecule has 146 valence electrons. The first kappa shape index (κ1) is 20.4. The van der Waals surface area contributed by atoms with Crippen LogP contribution in [0.2, 0.25) is 0 Å². The van der Waals surface area contributed by atoms with Gasteiger partial charge in [-0.15, -0.1) is 0 Å². The zero-order chi connectivity index (χ0) is 20.2. The molecule has 0 aliphatic rings. The molecule has 5 nitrogen and oxygen atoms in total. The number of amides is 1. The predicted molar refractivity (Wildman–Crippen MR) is 93.4 cm³/mol. The van der Waals surface area contributed by atoms with Gasteiger partial charge in [-0.25, -0.2) is 0 Å². The van der Waals surface area contributed by atoms with Crippen LogP contribution < -0.4 is 19.5 Å². The van der Waals surface area contributed by atoms with Gasteiger partial charge in [0.2, 0.25) is 5.75 Å². The van der Waals surface area contributed by atoms with Gasteiger partial charge in [0.05, 0.1) is 38.5 Å². The van der Waals surface area contributed by atoms with Crippen molar-refractivity contribution in [2.24, 2.45) is 0 Å². The minimum absolute atomic E-state index is 0.172. The lowest BCUT2D eigenvalue weighted by molar-refractivity contribution is -0.137. The molecule has 0 fully saturated rings. The molecule has 2 aromatic rings. The van der Waals surface area contributed by atoms with E-state index in [4.69, 9.17) is 14.2 Å². The molecule has 1 unspecified atom stereocenters. The fourth-order valence-electron chi connectivity index (χ4n) is 2.62. The number of benzene rings is 2. The average Bonchev–Trinajstić information content (AvgIpc) is 2.65. The summed E-state index contributed by atoms with van der Waals surface area (Å²) in [5.74, 6) is 0.291. The first-order valence-electron chi connectivity index (χ1n) is 7.99. The van der Waals surface area contributed by atoms with E-state index in [1.807, 2.05) is 0 Å². The van der Waals surface area contributed by atoms with E-state index < -0.39 is 23.7 Å². The Bertz CT molecular complexity index is 821. The van der Waals surface area contributed by atoms with E-state index in [1.165, 1.54) is 39.5 Å². The van der Waals surface area contributed by atoms with Crippen LogP contribution >= 0.6 is 0 Å². The second-order valence-electron chi connectivity index (χ2n) is 5.70. The summed E-state index contributed by atoms with van der Waals surface area (Å²) in [5.41, 5.74) is -0.267. The van der Waals surface area contributed by atoms with Crippen LogP contribution in [0.25, 0.3) is 0 Å². The smallest absolute Gasteiger partial charge is 0.416 e. The second kappa shape index (κ2) is 8.20. The lowest BCUT2D eigenvalue weighted by atomic mass is 10.0. The number of hydrogen-bond acceptors (Lipinski definition) is 4. The Hall–Kier alpha value is -2.90. The van der Waals surface area contributed by atoms with E-state index in [-0.39, 0.29) is 17.1 Å². The monoisotopic (exact) mass is 383 g/mol. The molecule has 1 atom stereocenters. The molecule has 2 aromatic carbocycles. The van der Waals surface area contributed by atoms with Crippen LogP contribution in [0.4, 0.5) is 13.2 Å². The molecule has 0 aromatic heterocycles. The van der Waals surface area contributed by atoms with Crippen molar-refractivity contribution < 1.29 is 32.2 Å². The van der Waals surface area contributed by atoms with Crippen LogP contribution in [0.3, 0.4) is 0 Å². The highest BCUT2D eigenvalue weighted by Gasteiger charge is 2.31. The fourth-order valence-corrected chi connectivity index (χ4v) is 2.62. The van der Waals surface area contributed by atoms with Gasteiger partial charge in [-0.3, -0.25) is 4.79 Å². The van der Waals surface area contributed by atoms with E-state index in [1.54, 1.807) is 13.0 Å². The van der Waals surface area contributed by atoms with E-state index in [0.717, 1.165) is 12.1 Å². The summed E-state index contributed by atoms with van der Waals surface area (Å²) >= 11 is 0. The molecule has 0 saturated carbocycles. The maximum atomic E-state index is 12.9. The van der Waals surface area contributed by atoms with Gasteiger partial charge in [-0.2, -0.15) is 13.2 Å². The highest BCUT2D eigenvalue weighted by atomic mass is 19.4. The Kier molecular flexibility index (Phi) is 6.20. The van der Waals surface area contributed by atoms with Crippen LogP contribution in [0.1, 0.15) is 34.5 Å². The average molecular weight is 383 g/mol.